The number of nitrogens with zero attached hydrogens (tertiary/aromatic N) is 2. The number of guanidine groups is 1. The van der Waals surface area contributed by atoms with E-state index in [0.717, 1.165) is 6.42 Å². The summed E-state index contributed by atoms with van der Waals surface area (Å²) in [5.41, 5.74) is 8.22. The van der Waals surface area contributed by atoms with Crippen molar-refractivity contribution in [2.45, 2.75) is 6.42 Å². The Bertz CT molecular complexity index is 525. The largest absolute Gasteiger partial charge is 0.370 e. The molecule has 1 aromatic heterocycles. The zero-order valence-corrected chi connectivity index (χ0v) is 10.3. The van der Waals surface area contributed by atoms with Crippen molar-refractivity contribution in [1.82, 2.24) is 9.88 Å². The van der Waals surface area contributed by atoms with Crippen LogP contribution in [0.1, 0.15) is 5.56 Å². The zero-order chi connectivity index (χ0) is 12.3. The Morgan fingerprint density at radius 1 is 1.35 bits per heavy atom. The standard InChI is InChI=1S/C13H18N4/c1-17(2)13(14)16-9-7-11-5-3-4-10-6-8-15-12(10)11/h3-6,8,15H,7,9H2,1-2H3,(H2,14,16). The van der Waals surface area contributed by atoms with Crippen LogP contribution in [0.3, 0.4) is 0 Å². The molecule has 1 heterocycles. The van der Waals surface area contributed by atoms with Crippen molar-refractivity contribution in [3.8, 4) is 0 Å². The molecule has 0 spiro atoms. The van der Waals surface area contributed by atoms with E-state index in [1.165, 1.54) is 16.5 Å². The maximum atomic E-state index is 5.74. The Morgan fingerprint density at radius 2 is 2.18 bits per heavy atom. The van der Waals surface area contributed by atoms with Crippen LogP contribution in [0.15, 0.2) is 35.5 Å². The second-order valence-corrected chi connectivity index (χ2v) is 4.24. The lowest BCUT2D eigenvalue weighted by molar-refractivity contribution is 0.609. The van der Waals surface area contributed by atoms with E-state index < -0.39 is 0 Å². The Kier molecular flexibility index (Phi) is 3.32. The molecule has 4 heteroatoms. The quantitative estimate of drug-likeness (QED) is 0.621. The highest BCUT2D eigenvalue weighted by molar-refractivity contribution is 5.82. The molecule has 0 atom stereocenters. The highest BCUT2D eigenvalue weighted by Gasteiger charge is 2.01. The van der Waals surface area contributed by atoms with Gasteiger partial charge in [0.15, 0.2) is 5.96 Å². The number of hydrogen-bond acceptors (Lipinski definition) is 1. The highest BCUT2D eigenvalue weighted by Crippen LogP contribution is 2.17. The van der Waals surface area contributed by atoms with Gasteiger partial charge in [-0.2, -0.15) is 0 Å². The molecule has 0 aliphatic carbocycles. The summed E-state index contributed by atoms with van der Waals surface area (Å²) in [5.74, 6) is 0.573. The third kappa shape index (κ3) is 2.58. The van der Waals surface area contributed by atoms with E-state index in [-0.39, 0.29) is 0 Å². The van der Waals surface area contributed by atoms with Crippen molar-refractivity contribution in [3.05, 3.63) is 36.0 Å². The van der Waals surface area contributed by atoms with Crippen molar-refractivity contribution < 1.29 is 0 Å². The van der Waals surface area contributed by atoms with Gasteiger partial charge in [-0.05, 0) is 23.4 Å². The van der Waals surface area contributed by atoms with Gasteiger partial charge in [0.25, 0.3) is 0 Å². The maximum absolute atomic E-state index is 5.74. The SMILES string of the molecule is CN(C)C(N)=NCCc1cccc2cc[nH]c12. The van der Waals surface area contributed by atoms with E-state index >= 15 is 0 Å². The molecule has 0 aliphatic heterocycles. The summed E-state index contributed by atoms with van der Waals surface area (Å²) in [4.78, 5) is 9.39. The number of fused-ring (bicyclic) bond motifs is 1. The minimum Gasteiger partial charge on any atom is -0.370 e. The molecule has 3 N–H and O–H groups in total. The van der Waals surface area contributed by atoms with Crippen molar-refractivity contribution in [1.29, 1.82) is 0 Å². The molecule has 0 amide bonds. The summed E-state index contributed by atoms with van der Waals surface area (Å²) in [6.07, 6.45) is 2.86. The van der Waals surface area contributed by atoms with Gasteiger partial charge in [0.1, 0.15) is 0 Å². The van der Waals surface area contributed by atoms with Crippen molar-refractivity contribution in [2.24, 2.45) is 10.7 Å². The Labute approximate surface area is 101 Å². The van der Waals surface area contributed by atoms with Crippen molar-refractivity contribution >= 4 is 16.9 Å². The van der Waals surface area contributed by atoms with Crippen LogP contribution in [-0.2, 0) is 6.42 Å². The van der Waals surface area contributed by atoms with E-state index in [1.54, 1.807) is 0 Å². The van der Waals surface area contributed by atoms with E-state index in [4.69, 9.17) is 5.73 Å². The molecule has 0 saturated heterocycles. The van der Waals surface area contributed by atoms with Crippen LogP contribution in [-0.4, -0.2) is 36.5 Å². The fourth-order valence-electron chi connectivity index (χ4n) is 1.79. The first-order valence-corrected chi connectivity index (χ1v) is 5.70. The molecule has 0 fully saturated rings. The number of nitrogens with two attached hydrogens (primary N) is 1. The molecule has 0 radical (unpaired) electrons. The molecule has 90 valence electrons. The van der Waals surface area contributed by atoms with Gasteiger partial charge >= 0.3 is 0 Å². The first-order valence-electron chi connectivity index (χ1n) is 5.70. The van der Waals surface area contributed by atoms with Gasteiger partial charge in [-0.3, -0.25) is 4.99 Å². The van der Waals surface area contributed by atoms with Gasteiger partial charge in [-0.25, -0.2) is 0 Å². The fraction of sp³-hybridized carbons (Fsp3) is 0.308. The molecular formula is C13H18N4. The van der Waals surface area contributed by atoms with Crippen LogP contribution in [0.2, 0.25) is 0 Å². The van der Waals surface area contributed by atoms with E-state index in [2.05, 4.69) is 34.2 Å². The molecule has 17 heavy (non-hydrogen) atoms. The topological polar surface area (TPSA) is 57.4 Å². The number of nitrogens with one attached hydrogen (secondary N) is 1. The Balaban J connectivity index is 2.09. The van der Waals surface area contributed by atoms with Gasteiger partial charge < -0.3 is 15.6 Å². The summed E-state index contributed by atoms with van der Waals surface area (Å²) >= 11 is 0. The van der Waals surface area contributed by atoms with Crippen LogP contribution in [0.4, 0.5) is 0 Å². The number of aromatic nitrogens is 1. The lowest BCUT2D eigenvalue weighted by atomic mass is 10.1. The predicted octanol–water partition coefficient (Wildman–Crippen LogP) is 1.59. The molecule has 0 saturated carbocycles. The van der Waals surface area contributed by atoms with Crippen molar-refractivity contribution in [3.63, 3.8) is 0 Å². The van der Waals surface area contributed by atoms with Crippen molar-refractivity contribution in [2.75, 3.05) is 20.6 Å². The van der Waals surface area contributed by atoms with Gasteiger partial charge in [0, 0.05) is 32.4 Å². The van der Waals surface area contributed by atoms with Crippen LogP contribution >= 0.6 is 0 Å². The maximum Gasteiger partial charge on any atom is 0.190 e. The van der Waals surface area contributed by atoms with Crippen LogP contribution in [0.5, 0.6) is 0 Å². The zero-order valence-electron chi connectivity index (χ0n) is 10.3. The van der Waals surface area contributed by atoms with E-state index in [0.29, 0.717) is 12.5 Å². The first kappa shape index (κ1) is 11.5. The first-order chi connectivity index (χ1) is 8.18. The molecule has 4 nitrogen and oxygen atoms in total. The molecular weight excluding hydrogens is 212 g/mol. The molecule has 0 aliphatic rings. The summed E-state index contributed by atoms with van der Waals surface area (Å²) in [5, 5.41) is 1.24. The molecule has 2 rings (SSSR count). The molecule has 2 aromatic rings. The van der Waals surface area contributed by atoms with Gasteiger partial charge in [0.05, 0.1) is 0 Å². The van der Waals surface area contributed by atoms with Gasteiger partial charge in [-0.15, -0.1) is 0 Å². The molecule has 0 unspecified atom stereocenters. The van der Waals surface area contributed by atoms with Gasteiger partial charge in [0.2, 0.25) is 0 Å². The second kappa shape index (κ2) is 4.91. The number of aliphatic imine (C=N–C) groups is 1. The predicted molar refractivity (Wildman–Crippen MR) is 72.2 cm³/mol. The van der Waals surface area contributed by atoms with Crippen LogP contribution < -0.4 is 5.73 Å². The van der Waals surface area contributed by atoms with E-state index in [9.17, 15) is 0 Å². The number of para-hydroxylation sites is 1. The number of benzene rings is 1. The third-order valence-electron chi connectivity index (χ3n) is 2.79. The number of rotatable bonds is 3. The third-order valence-corrected chi connectivity index (χ3v) is 2.79. The number of hydrogen-bond donors (Lipinski definition) is 2. The normalized spacial score (nSPS) is 12.0. The monoisotopic (exact) mass is 230 g/mol. The Hall–Kier alpha value is -1.97. The van der Waals surface area contributed by atoms with Gasteiger partial charge in [-0.1, -0.05) is 18.2 Å². The lowest BCUT2D eigenvalue weighted by Gasteiger charge is -2.10. The fourth-order valence-corrected chi connectivity index (χ4v) is 1.79. The van der Waals surface area contributed by atoms with Crippen LogP contribution in [0.25, 0.3) is 10.9 Å². The highest BCUT2D eigenvalue weighted by atomic mass is 15.2. The average Bonchev–Trinajstić information content (AvgIpc) is 2.77. The second-order valence-electron chi connectivity index (χ2n) is 4.24. The smallest absolute Gasteiger partial charge is 0.190 e. The summed E-state index contributed by atoms with van der Waals surface area (Å²) in [6.45, 7) is 0.710. The lowest BCUT2D eigenvalue weighted by Crippen LogP contribution is -2.30. The molecule has 1 aromatic carbocycles. The number of H-pyrrole nitrogens is 1. The summed E-state index contributed by atoms with van der Waals surface area (Å²) in [6, 6.07) is 8.38. The Morgan fingerprint density at radius 3 is 2.94 bits per heavy atom. The minimum absolute atomic E-state index is 0.573. The summed E-state index contributed by atoms with van der Waals surface area (Å²) in [7, 11) is 3.79. The minimum atomic E-state index is 0.573. The number of aromatic amines is 1. The average molecular weight is 230 g/mol. The van der Waals surface area contributed by atoms with Crippen LogP contribution in [0, 0.1) is 0 Å². The summed E-state index contributed by atoms with van der Waals surface area (Å²) < 4.78 is 0. The molecule has 0 bridgehead atoms. The van der Waals surface area contributed by atoms with E-state index in [1.807, 2.05) is 25.2 Å².